The Morgan fingerprint density at radius 2 is 2.00 bits per heavy atom. The van der Waals surface area contributed by atoms with Crippen molar-refractivity contribution in [2.45, 2.75) is 6.42 Å². The number of anilines is 1. The number of carbonyl (C=O) groups excluding carboxylic acids is 1. The Hall–Kier alpha value is -2.35. The van der Waals surface area contributed by atoms with Crippen LogP contribution in [0.15, 0.2) is 42.5 Å². The molecule has 0 fully saturated rings. The fourth-order valence-corrected chi connectivity index (χ4v) is 4.45. The van der Waals surface area contributed by atoms with Crippen molar-refractivity contribution in [3.05, 3.63) is 57.9 Å². The van der Waals surface area contributed by atoms with Gasteiger partial charge in [-0.1, -0.05) is 29.8 Å². The van der Waals surface area contributed by atoms with E-state index in [0.717, 1.165) is 33.5 Å². The lowest BCUT2D eigenvalue weighted by atomic mass is 10.1. The van der Waals surface area contributed by atoms with Crippen LogP contribution in [-0.2, 0) is 11.2 Å². The quantitative estimate of drug-likeness (QED) is 0.426. The number of benzene rings is 2. The second-order valence-corrected chi connectivity index (χ2v) is 7.73. The molecule has 0 aliphatic rings. The van der Waals surface area contributed by atoms with E-state index < -0.39 is 5.97 Å². The fourth-order valence-electron chi connectivity index (χ4n) is 2.76. The van der Waals surface area contributed by atoms with Crippen molar-refractivity contribution in [1.29, 1.82) is 0 Å². The summed E-state index contributed by atoms with van der Waals surface area (Å²) in [5, 5.41) is 8.09. The monoisotopic (exact) mass is 434 g/mol. The molecule has 8 heteroatoms. The van der Waals surface area contributed by atoms with E-state index in [4.69, 9.17) is 33.3 Å². The molecular formula is C20H19ClN2O3S2. The van der Waals surface area contributed by atoms with Gasteiger partial charge in [0.1, 0.15) is 10.6 Å². The lowest BCUT2D eigenvalue weighted by Crippen LogP contribution is -2.30. The summed E-state index contributed by atoms with van der Waals surface area (Å²) in [6.07, 6.45) is 0.786. The number of methoxy groups -OCH3 is 2. The summed E-state index contributed by atoms with van der Waals surface area (Å²) in [7, 11) is 3.00. The minimum Gasteiger partial charge on any atom is -0.496 e. The first-order valence-corrected chi connectivity index (χ1v) is 10.1. The summed E-state index contributed by atoms with van der Waals surface area (Å²) in [5.74, 6) is 0.429. The van der Waals surface area contributed by atoms with E-state index in [0.29, 0.717) is 21.6 Å². The number of thiocarbonyl (C=S) groups is 1. The third-order valence-electron chi connectivity index (χ3n) is 4.13. The van der Waals surface area contributed by atoms with Gasteiger partial charge in [-0.2, -0.15) is 0 Å². The molecule has 2 aromatic carbocycles. The van der Waals surface area contributed by atoms with Crippen molar-refractivity contribution in [3.8, 4) is 5.75 Å². The van der Waals surface area contributed by atoms with Crippen LogP contribution in [0.4, 0.5) is 5.69 Å². The molecule has 0 aliphatic heterocycles. The Labute approximate surface area is 177 Å². The molecule has 1 heterocycles. The van der Waals surface area contributed by atoms with Gasteiger partial charge in [-0.05, 0) is 48.5 Å². The average Bonchev–Trinajstić information content (AvgIpc) is 3.03. The average molecular weight is 435 g/mol. The Kier molecular flexibility index (Phi) is 6.72. The smallest absolute Gasteiger partial charge is 0.349 e. The lowest BCUT2D eigenvalue weighted by molar-refractivity contribution is 0.0606. The molecule has 0 saturated carbocycles. The molecule has 0 spiro atoms. The Morgan fingerprint density at radius 1 is 1.21 bits per heavy atom. The maximum Gasteiger partial charge on any atom is 0.349 e. The number of ether oxygens (including phenoxy) is 2. The predicted molar refractivity (Wildman–Crippen MR) is 119 cm³/mol. The van der Waals surface area contributed by atoms with Gasteiger partial charge in [-0.25, -0.2) is 4.79 Å². The van der Waals surface area contributed by atoms with Crippen molar-refractivity contribution < 1.29 is 14.3 Å². The van der Waals surface area contributed by atoms with Gasteiger partial charge >= 0.3 is 5.97 Å². The number of para-hydroxylation sites is 1. The highest BCUT2D eigenvalue weighted by atomic mass is 35.5. The number of fused-ring (bicyclic) bond motifs is 1. The minimum absolute atomic E-state index is 0.397. The number of rotatable bonds is 6. The van der Waals surface area contributed by atoms with E-state index in [1.807, 2.05) is 42.5 Å². The summed E-state index contributed by atoms with van der Waals surface area (Å²) in [6, 6.07) is 13.5. The van der Waals surface area contributed by atoms with Crippen molar-refractivity contribution in [2.24, 2.45) is 0 Å². The van der Waals surface area contributed by atoms with Gasteiger partial charge < -0.3 is 20.1 Å². The minimum atomic E-state index is -0.436. The van der Waals surface area contributed by atoms with Gasteiger partial charge in [0.2, 0.25) is 0 Å². The van der Waals surface area contributed by atoms with Crippen molar-refractivity contribution in [1.82, 2.24) is 5.32 Å². The molecule has 5 nitrogen and oxygen atoms in total. The maximum absolute atomic E-state index is 11.8. The van der Waals surface area contributed by atoms with Gasteiger partial charge in [0.05, 0.1) is 19.2 Å². The van der Waals surface area contributed by atoms with Crippen molar-refractivity contribution in [3.63, 3.8) is 0 Å². The molecule has 1 aromatic heterocycles. The summed E-state index contributed by atoms with van der Waals surface area (Å²) in [5.41, 5.74) is 1.93. The van der Waals surface area contributed by atoms with Crippen LogP contribution in [-0.4, -0.2) is 31.8 Å². The number of nitrogens with one attached hydrogen (secondary N) is 2. The summed E-state index contributed by atoms with van der Waals surface area (Å²) in [4.78, 5) is 12.2. The van der Waals surface area contributed by atoms with Crippen LogP contribution in [0.5, 0.6) is 5.75 Å². The molecule has 0 unspecified atom stereocenters. The second-order valence-electron chi connectivity index (χ2n) is 5.89. The second kappa shape index (κ2) is 9.23. The van der Waals surface area contributed by atoms with Crippen molar-refractivity contribution >= 4 is 62.0 Å². The zero-order chi connectivity index (χ0) is 20.1. The fraction of sp³-hybridized carbons (Fsp3) is 0.200. The summed E-state index contributed by atoms with van der Waals surface area (Å²) >= 11 is 13.0. The third-order valence-corrected chi connectivity index (χ3v) is 6.01. The van der Waals surface area contributed by atoms with Crippen molar-refractivity contribution in [2.75, 3.05) is 26.1 Å². The van der Waals surface area contributed by atoms with Gasteiger partial charge in [-0.3, -0.25) is 0 Å². The number of carbonyl (C=O) groups is 1. The van der Waals surface area contributed by atoms with Gasteiger partial charge in [-0.15, -0.1) is 11.3 Å². The Bertz CT molecular complexity index is 1020. The van der Waals surface area contributed by atoms with E-state index in [2.05, 4.69) is 10.6 Å². The Balaban J connectivity index is 1.62. The molecule has 0 aliphatic carbocycles. The number of esters is 1. The number of hydrogen-bond donors (Lipinski definition) is 2. The highest BCUT2D eigenvalue weighted by Crippen LogP contribution is 2.37. The Morgan fingerprint density at radius 3 is 2.75 bits per heavy atom. The lowest BCUT2D eigenvalue weighted by Gasteiger charge is -2.12. The first-order chi connectivity index (χ1) is 13.5. The molecule has 0 amide bonds. The molecule has 146 valence electrons. The molecule has 3 aromatic rings. The zero-order valence-electron chi connectivity index (χ0n) is 15.4. The number of hydrogen-bond acceptors (Lipinski definition) is 5. The van der Waals surface area contributed by atoms with Crippen LogP contribution >= 0.6 is 35.2 Å². The number of halogens is 1. The highest BCUT2D eigenvalue weighted by Gasteiger charge is 2.17. The first kappa shape index (κ1) is 20.4. The molecule has 0 radical (unpaired) electrons. The van der Waals surface area contributed by atoms with Crippen LogP contribution in [0.2, 0.25) is 5.02 Å². The standard InChI is InChI=1S/C20H19ClN2O3S2/c1-25-15-6-4-3-5-12(15)9-10-22-20(27)23-13-7-8-14-16(11-13)28-18(17(14)21)19(24)26-2/h3-8,11H,9-10H2,1-2H3,(H2,22,23,27). The van der Waals surface area contributed by atoms with Crippen LogP contribution < -0.4 is 15.4 Å². The van der Waals surface area contributed by atoms with E-state index in [9.17, 15) is 4.79 Å². The molecule has 2 N–H and O–H groups in total. The van der Waals surface area contributed by atoms with Gasteiger partial charge in [0.25, 0.3) is 0 Å². The topological polar surface area (TPSA) is 59.6 Å². The van der Waals surface area contributed by atoms with E-state index in [-0.39, 0.29) is 0 Å². The van der Waals surface area contributed by atoms with E-state index in [1.54, 1.807) is 7.11 Å². The molecular weight excluding hydrogens is 416 g/mol. The van der Waals surface area contributed by atoms with Crippen LogP contribution in [0.1, 0.15) is 15.2 Å². The molecule has 0 bridgehead atoms. The summed E-state index contributed by atoms with van der Waals surface area (Å²) < 4.78 is 11.0. The zero-order valence-corrected chi connectivity index (χ0v) is 17.8. The van der Waals surface area contributed by atoms with Crippen LogP contribution in [0, 0.1) is 0 Å². The highest BCUT2D eigenvalue weighted by molar-refractivity contribution is 7.80. The van der Waals surface area contributed by atoms with E-state index in [1.165, 1.54) is 18.4 Å². The van der Waals surface area contributed by atoms with Crippen LogP contribution in [0.3, 0.4) is 0 Å². The molecule has 3 rings (SSSR count). The molecule has 0 atom stereocenters. The SMILES string of the molecule is COC(=O)c1sc2cc(NC(=S)NCCc3ccccc3OC)ccc2c1Cl. The predicted octanol–water partition coefficient (Wildman–Crippen LogP) is 4.88. The maximum atomic E-state index is 11.8. The third kappa shape index (κ3) is 4.55. The normalized spacial score (nSPS) is 10.5. The first-order valence-electron chi connectivity index (χ1n) is 8.50. The van der Waals surface area contributed by atoms with E-state index >= 15 is 0 Å². The van der Waals surface area contributed by atoms with Gasteiger partial charge in [0.15, 0.2) is 5.11 Å². The molecule has 0 saturated heterocycles. The summed E-state index contributed by atoms with van der Waals surface area (Å²) in [6.45, 7) is 0.672. The number of thiophene rings is 1. The largest absolute Gasteiger partial charge is 0.496 e. The van der Waals surface area contributed by atoms with Gasteiger partial charge in [0, 0.05) is 22.3 Å². The molecule has 28 heavy (non-hydrogen) atoms. The van der Waals surface area contributed by atoms with Crippen LogP contribution in [0.25, 0.3) is 10.1 Å².